The average molecular weight is 326 g/mol. The van der Waals surface area contributed by atoms with Crippen molar-refractivity contribution in [1.82, 2.24) is 4.90 Å². The van der Waals surface area contributed by atoms with Crippen LogP contribution < -0.4 is 0 Å². The van der Waals surface area contributed by atoms with Crippen molar-refractivity contribution >= 4 is 28.0 Å². The number of hydrogen-bond acceptors (Lipinski definition) is 3. The molecule has 2 N–H and O–H groups in total. The number of aliphatic hydroxyl groups is 1. The van der Waals surface area contributed by atoms with Crippen LogP contribution in [0.2, 0.25) is 0 Å². The minimum atomic E-state index is -1.35. The Balaban J connectivity index is 2.70. The van der Waals surface area contributed by atoms with Crippen LogP contribution in [0.1, 0.15) is 11.1 Å². The Morgan fingerprint density at radius 1 is 1.42 bits per heavy atom. The van der Waals surface area contributed by atoms with Gasteiger partial charge in [-0.05, 0) is 31.3 Å². The maximum Gasteiger partial charge on any atom is 0.318 e. The fourth-order valence-electron chi connectivity index (χ4n) is 2.61. The number of aliphatic hydroxyl groups excluding tert-OH is 1. The lowest BCUT2D eigenvalue weighted by molar-refractivity contribution is -0.148. The number of fused-ring (bicyclic) bond motifs is 1. The molecule has 2 unspecified atom stereocenters. The van der Waals surface area contributed by atoms with Crippen LogP contribution in [0.5, 0.6) is 0 Å². The van der Waals surface area contributed by atoms with E-state index in [2.05, 4.69) is 15.9 Å². The second kappa shape index (κ2) is 5.07. The molecular formula is C14H16BrNO3. The van der Waals surface area contributed by atoms with E-state index in [1.54, 1.807) is 37.2 Å². The second-order valence-corrected chi connectivity index (χ2v) is 5.95. The summed E-state index contributed by atoms with van der Waals surface area (Å²) in [7, 11) is 3.60. The van der Waals surface area contributed by atoms with Crippen LogP contribution in [-0.4, -0.2) is 47.8 Å². The molecule has 19 heavy (non-hydrogen) atoms. The molecule has 0 saturated carbocycles. The lowest BCUT2D eigenvalue weighted by Crippen LogP contribution is -2.54. The molecule has 5 heteroatoms. The van der Waals surface area contributed by atoms with Crippen LogP contribution in [0, 0.1) is 0 Å². The first kappa shape index (κ1) is 14.2. The van der Waals surface area contributed by atoms with E-state index < -0.39 is 17.5 Å². The first-order valence-corrected chi connectivity index (χ1v) is 6.71. The number of hydrogen-bond donors (Lipinski definition) is 2. The van der Waals surface area contributed by atoms with Crippen molar-refractivity contribution in [2.75, 3.05) is 20.6 Å². The number of carboxylic acids is 1. The lowest BCUT2D eigenvalue weighted by atomic mass is 9.70. The highest BCUT2D eigenvalue weighted by atomic mass is 79.9. The van der Waals surface area contributed by atoms with Crippen molar-refractivity contribution in [2.45, 2.75) is 11.5 Å². The van der Waals surface area contributed by atoms with Crippen molar-refractivity contribution < 1.29 is 15.0 Å². The fraction of sp³-hybridized carbons (Fsp3) is 0.357. The van der Waals surface area contributed by atoms with E-state index in [1.807, 2.05) is 12.1 Å². The Hall–Kier alpha value is -1.17. The zero-order valence-corrected chi connectivity index (χ0v) is 12.4. The molecule has 0 saturated heterocycles. The molecule has 102 valence electrons. The van der Waals surface area contributed by atoms with Gasteiger partial charge in [-0.3, -0.25) is 4.79 Å². The van der Waals surface area contributed by atoms with Gasteiger partial charge in [-0.2, -0.15) is 0 Å². The highest BCUT2D eigenvalue weighted by Gasteiger charge is 2.51. The van der Waals surface area contributed by atoms with E-state index in [9.17, 15) is 15.0 Å². The zero-order valence-electron chi connectivity index (χ0n) is 10.8. The molecule has 4 nitrogen and oxygen atoms in total. The second-order valence-electron chi connectivity index (χ2n) is 5.03. The molecule has 0 fully saturated rings. The Kier molecular flexibility index (Phi) is 3.80. The summed E-state index contributed by atoms with van der Waals surface area (Å²) in [4.78, 5) is 13.7. The van der Waals surface area contributed by atoms with Crippen LogP contribution in [-0.2, 0) is 10.2 Å². The van der Waals surface area contributed by atoms with Crippen molar-refractivity contribution in [3.05, 3.63) is 39.9 Å². The van der Waals surface area contributed by atoms with Gasteiger partial charge in [-0.25, -0.2) is 0 Å². The predicted molar refractivity (Wildman–Crippen MR) is 77.2 cm³/mol. The molecule has 1 aromatic rings. The Morgan fingerprint density at radius 3 is 2.63 bits per heavy atom. The highest BCUT2D eigenvalue weighted by molar-refractivity contribution is 9.11. The van der Waals surface area contributed by atoms with Crippen LogP contribution in [0.15, 0.2) is 28.7 Å². The molecule has 0 radical (unpaired) electrons. The molecule has 1 aliphatic rings. The normalized spacial score (nSPS) is 25.9. The third kappa shape index (κ3) is 2.22. The van der Waals surface area contributed by atoms with E-state index >= 15 is 0 Å². The summed E-state index contributed by atoms with van der Waals surface area (Å²) < 4.78 is 0.496. The van der Waals surface area contributed by atoms with Gasteiger partial charge in [0.25, 0.3) is 0 Å². The van der Waals surface area contributed by atoms with Gasteiger partial charge in [0.1, 0.15) is 11.5 Å². The van der Waals surface area contributed by atoms with Gasteiger partial charge in [0.2, 0.25) is 0 Å². The van der Waals surface area contributed by atoms with Gasteiger partial charge >= 0.3 is 5.97 Å². The number of carbonyl (C=O) groups is 1. The smallest absolute Gasteiger partial charge is 0.318 e. The molecule has 0 aliphatic heterocycles. The Bertz CT molecular complexity index is 541. The molecule has 0 amide bonds. The van der Waals surface area contributed by atoms with Crippen LogP contribution in [0.25, 0.3) is 6.08 Å². The summed E-state index contributed by atoms with van der Waals surface area (Å²) in [5.74, 6) is -1.02. The average Bonchev–Trinajstić information content (AvgIpc) is 2.34. The van der Waals surface area contributed by atoms with Crippen molar-refractivity contribution in [3.63, 3.8) is 0 Å². The third-order valence-electron chi connectivity index (χ3n) is 3.41. The summed E-state index contributed by atoms with van der Waals surface area (Å²) in [6.07, 6.45) is 0.680. The first-order valence-electron chi connectivity index (χ1n) is 5.92. The first-order chi connectivity index (χ1) is 8.89. The summed E-state index contributed by atoms with van der Waals surface area (Å²) in [5, 5.41) is 20.2. The lowest BCUT2D eigenvalue weighted by Gasteiger charge is -2.40. The summed E-state index contributed by atoms with van der Waals surface area (Å²) in [6.45, 7) is 0.226. The molecule has 1 aromatic carbocycles. The number of carboxylic acid groups (broad SMARTS) is 1. The van der Waals surface area contributed by atoms with Gasteiger partial charge in [-0.15, -0.1) is 0 Å². The Morgan fingerprint density at radius 2 is 2.05 bits per heavy atom. The number of halogens is 1. The number of rotatable bonds is 3. The van der Waals surface area contributed by atoms with Crippen LogP contribution >= 0.6 is 15.9 Å². The molecule has 2 rings (SSSR count). The van der Waals surface area contributed by atoms with Gasteiger partial charge in [0.05, 0.1) is 0 Å². The molecule has 2 atom stereocenters. The fourth-order valence-corrected chi connectivity index (χ4v) is 3.25. The van der Waals surface area contributed by atoms with Gasteiger partial charge in [0.15, 0.2) is 0 Å². The Labute approximate surface area is 120 Å². The monoisotopic (exact) mass is 325 g/mol. The molecular weight excluding hydrogens is 310 g/mol. The third-order valence-corrected chi connectivity index (χ3v) is 4.07. The summed E-state index contributed by atoms with van der Waals surface area (Å²) >= 11 is 3.29. The van der Waals surface area contributed by atoms with E-state index in [1.165, 1.54) is 0 Å². The van der Waals surface area contributed by atoms with E-state index in [0.717, 1.165) is 5.56 Å². The molecule has 1 aliphatic carbocycles. The quantitative estimate of drug-likeness (QED) is 0.887. The molecule has 0 bridgehead atoms. The van der Waals surface area contributed by atoms with Crippen molar-refractivity contribution in [3.8, 4) is 0 Å². The largest absolute Gasteiger partial charge is 0.480 e. The van der Waals surface area contributed by atoms with Gasteiger partial charge in [0, 0.05) is 11.0 Å². The van der Waals surface area contributed by atoms with Crippen molar-refractivity contribution in [1.29, 1.82) is 0 Å². The molecule has 0 heterocycles. The summed E-state index contributed by atoms with van der Waals surface area (Å²) in [6, 6.07) is 7.28. The summed E-state index contributed by atoms with van der Waals surface area (Å²) in [5.41, 5.74) is 0.115. The molecule has 0 aromatic heterocycles. The maximum atomic E-state index is 11.9. The van der Waals surface area contributed by atoms with Crippen LogP contribution in [0.3, 0.4) is 0 Å². The molecule has 0 spiro atoms. The minimum Gasteiger partial charge on any atom is -0.480 e. The van der Waals surface area contributed by atoms with Gasteiger partial charge in [-0.1, -0.05) is 40.2 Å². The number of aliphatic carboxylic acids is 1. The topological polar surface area (TPSA) is 60.8 Å². The van der Waals surface area contributed by atoms with Gasteiger partial charge < -0.3 is 15.1 Å². The van der Waals surface area contributed by atoms with Crippen molar-refractivity contribution in [2.24, 2.45) is 0 Å². The van der Waals surface area contributed by atoms with E-state index in [-0.39, 0.29) is 6.54 Å². The maximum absolute atomic E-state index is 11.9. The number of benzene rings is 1. The zero-order chi connectivity index (χ0) is 14.2. The van der Waals surface area contributed by atoms with Crippen LogP contribution in [0.4, 0.5) is 0 Å². The van der Waals surface area contributed by atoms with E-state index in [0.29, 0.717) is 10.0 Å². The highest BCUT2D eigenvalue weighted by Crippen LogP contribution is 2.41. The predicted octanol–water partition coefficient (Wildman–Crippen LogP) is 1.68. The number of nitrogens with zero attached hydrogens (tertiary/aromatic N) is 1. The SMILES string of the molecule is CN(C)CC1(C(=O)O)c2ccccc2C=C(Br)C1O. The minimum absolute atomic E-state index is 0.226. The number of likely N-dealkylation sites (N-methyl/N-ethyl adjacent to an activating group) is 1. The standard InChI is InChI=1S/C14H16BrNO3/c1-16(2)8-14(13(18)19)10-6-4-3-5-9(10)7-11(15)12(14)17/h3-7,12,17H,8H2,1-2H3,(H,18,19). The van der Waals surface area contributed by atoms with E-state index in [4.69, 9.17) is 0 Å².